The van der Waals surface area contributed by atoms with Crippen molar-refractivity contribution in [3.63, 3.8) is 0 Å². The largest absolute Gasteiger partial charge is 0.369 e. The van der Waals surface area contributed by atoms with Crippen LogP contribution in [0.25, 0.3) is 27.5 Å². The van der Waals surface area contributed by atoms with Gasteiger partial charge in [0.15, 0.2) is 5.01 Å². The van der Waals surface area contributed by atoms with Gasteiger partial charge in [-0.15, -0.1) is 10.2 Å². The predicted molar refractivity (Wildman–Crippen MR) is 211 cm³/mol. The minimum absolute atomic E-state index is 0.202. The third-order valence-corrected chi connectivity index (χ3v) is 12.7. The molecule has 0 spiro atoms. The molecule has 0 aliphatic carbocycles. The van der Waals surface area contributed by atoms with Crippen LogP contribution in [0, 0.1) is 28.6 Å². The zero-order chi connectivity index (χ0) is 38.3. The number of carbonyl (C=O) groups is 2. The lowest BCUT2D eigenvalue weighted by Crippen LogP contribution is -2.55. The van der Waals surface area contributed by atoms with Crippen LogP contribution in [0.1, 0.15) is 62.5 Å². The van der Waals surface area contributed by atoms with Crippen molar-refractivity contribution >= 4 is 45.3 Å². The van der Waals surface area contributed by atoms with Crippen molar-refractivity contribution in [2.45, 2.75) is 69.5 Å². The summed E-state index contributed by atoms with van der Waals surface area (Å²) >= 11 is 1.56. The maximum Gasteiger partial charge on any atom is 0.234 e. The van der Waals surface area contributed by atoms with Crippen LogP contribution in [0.2, 0.25) is 0 Å². The Morgan fingerprint density at radius 1 is 0.946 bits per heavy atom. The SMILES string of the molecule is C[C@@H](C#N)Nc1cc(-c2ccc3cc(C#N)cnn23)ncc1-c1nnc(N2CC3CCC(C2)N3CC2CCN(c3ccc([C@@H]4CCC(=O)NC4=O)cn3)CC2)s1. The Morgan fingerprint density at radius 3 is 2.50 bits per heavy atom. The van der Waals surface area contributed by atoms with E-state index in [1.165, 1.54) is 19.0 Å². The first-order chi connectivity index (χ1) is 27.3. The number of rotatable bonds is 9. The number of nitrogens with zero attached hydrogens (tertiary/aromatic N) is 11. The van der Waals surface area contributed by atoms with Gasteiger partial charge < -0.3 is 15.1 Å². The van der Waals surface area contributed by atoms with Crippen LogP contribution in [0.4, 0.5) is 16.6 Å². The molecule has 4 atom stereocenters. The Balaban J connectivity index is 0.836. The Hall–Kier alpha value is -5.97. The summed E-state index contributed by atoms with van der Waals surface area (Å²) in [6.45, 7) is 6.68. The second kappa shape index (κ2) is 14.9. The fraction of sp³-hybridized carbons (Fsp3) is 0.425. The molecule has 2 unspecified atom stereocenters. The Labute approximate surface area is 328 Å². The van der Waals surface area contributed by atoms with Gasteiger partial charge in [-0.1, -0.05) is 17.4 Å². The fourth-order valence-electron chi connectivity index (χ4n) is 8.75. The number of piperidine rings is 2. The number of carbonyl (C=O) groups excluding carboxylic acids is 2. The number of aromatic nitrogens is 6. The molecule has 2 amide bonds. The average Bonchev–Trinajstić information content (AvgIpc) is 3.93. The Kier molecular flexibility index (Phi) is 9.52. The van der Waals surface area contributed by atoms with Gasteiger partial charge in [0.2, 0.25) is 16.9 Å². The van der Waals surface area contributed by atoms with Crippen molar-refractivity contribution in [2.24, 2.45) is 5.92 Å². The van der Waals surface area contributed by atoms with Crippen LogP contribution in [-0.4, -0.2) is 97.3 Å². The van der Waals surface area contributed by atoms with E-state index in [9.17, 15) is 20.1 Å². The maximum absolute atomic E-state index is 12.3. The molecule has 15 nitrogen and oxygen atoms in total. The van der Waals surface area contributed by atoms with Gasteiger partial charge in [-0.3, -0.25) is 24.8 Å². The minimum atomic E-state index is -0.442. The van der Waals surface area contributed by atoms with Crippen LogP contribution in [0.5, 0.6) is 0 Å². The average molecular weight is 768 g/mol. The second-order valence-electron chi connectivity index (χ2n) is 15.3. The van der Waals surface area contributed by atoms with E-state index in [0.29, 0.717) is 42.1 Å². The van der Waals surface area contributed by atoms with Crippen LogP contribution >= 0.6 is 11.3 Å². The summed E-state index contributed by atoms with van der Waals surface area (Å²) in [6.07, 6.45) is 10.6. The first kappa shape index (κ1) is 35.7. The molecule has 9 rings (SSSR count). The predicted octanol–water partition coefficient (Wildman–Crippen LogP) is 4.60. The smallest absolute Gasteiger partial charge is 0.234 e. The standard InChI is InChI=1S/C40H41N13O2S/c1-24(16-41)46-33-15-34(35-7-5-28-14-26(17-42)18-45-53(28)35)43-20-32(33)39-48-49-40(56-39)51-22-29-3-4-30(23-51)52(29)21-25-10-12-50(13-11-25)36-8-2-27(19-44-36)31-6-9-37(54)47-38(31)55/h2,5,7-8,14-15,18-20,24-25,29-31H,3-4,6,9-13,21-23H2,1H3,(H,43,46)(H,47,54,55)/t24-,29?,30?,31-/m0/s1. The molecule has 0 radical (unpaired) electrons. The summed E-state index contributed by atoms with van der Waals surface area (Å²) in [4.78, 5) is 40.9. The monoisotopic (exact) mass is 767 g/mol. The van der Waals surface area contributed by atoms with E-state index in [1.807, 2.05) is 37.3 Å². The molecule has 9 heterocycles. The first-order valence-corrected chi connectivity index (χ1v) is 20.1. The van der Waals surface area contributed by atoms with Crippen LogP contribution < -0.4 is 20.4 Å². The lowest BCUT2D eigenvalue weighted by atomic mass is 9.91. The zero-order valence-electron chi connectivity index (χ0n) is 31.0. The van der Waals surface area contributed by atoms with E-state index >= 15 is 0 Å². The summed E-state index contributed by atoms with van der Waals surface area (Å²) < 4.78 is 1.76. The zero-order valence-corrected chi connectivity index (χ0v) is 31.8. The van der Waals surface area contributed by atoms with Gasteiger partial charge >= 0.3 is 0 Å². The van der Waals surface area contributed by atoms with Gasteiger partial charge in [0.05, 0.1) is 46.2 Å². The van der Waals surface area contributed by atoms with Gasteiger partial charge in [-0.25, -0.2) is 9.50 Å². The topological polar surface area (TPSA) is 184 Å². The normalized spacial score (nSPS) is 22.2. The van der Waals surface area contributed by atoms with Crippen LogP contribution in [0.3, 0.4) is 0 Å². The molecule has 4 fully saturated rings. The first-order valence-electron chi connectivity index (χ1n) is 19.3. The van der Waals surface area contributed by atoms with Crippen molar-refractivity contribution in [3.05, 3.63) is 66.1 Å². The third-order valence-electron chi connectivity index (χ3n) is 11.7. The lowest BCUT2D eigenvalue weighted by Gasteiger charge is -2.43. The summed E-state index contributed by atoms with van der Waals surface area (Å²) in [5.41, 5.74) is 5.13. The van der Waals surface area contributed by atoms with Crippen molar-refractivity contribution in [3.8, 4) is 34.1 Å². The Bertz CT molecular complexity index is 2360. The summed E-state index contributed by atoms with van der Waals surface area (Å²) in [7, 11) is 0. The molecule has 4 saturated heterocycles. The van der Waals surface area contributed by atoms with E-state index < -0.39 is 6.04 Å². The number of amides is 2. The van der Waals surface area contributed by atoms with E-state index in [2.05, 4.69) is 52.8 Å². The molecule has 284 valence electrons. The second-order valence-corrected chi connectivity index (χ2v) is 16.2. The molecule has 0 aromatic carbocycles. The van der Waals surface area contributed by atoms with Crippen molar-refractivity contribution in [1.29, 1.82) is 10.5 Å². The molecule has 4 aliphatic heterocycles. The van der Waals surface area contributed by atoms with E-state index in [0.717, 1.165) is 89.5 Å². The molecule has 2 N–H and O–H groups in total. The number of hydrogen-bond donors (Lipinski definition) is 2. The highest BCUT2D eigenvalue weighted by atomic mass is 32.1. The van der Waals surface area contributed by atoms with Gasteiger partial charge in [0.1, 0.15) is 17.9 Å². The molecule has 0 saturated carbocycles. The highest BCUT2D eigenvalue weighted by Gasteiger charge is 2.42. The maximum atomic E-state index is 12.3. The van der Waals surface area contributed by atoms with Gasteiger partial charge in [-0.2, -0.15) is 15.6 Å². The van der Waals surface area contributed by atoms with Crippen LogP contribution in [0.15, 0.2) is 55.0 Å². The van der Waals surface area contributed by atoms with Crippen molar-refractivity contribution in [1.82, 2.24) is 40.0 Å². The Morgan fingerprint density at radius 2 is 1.77 bits per heavy atom. The van der Waals surface area contributed by atoms with Gasteiger partial charge in [-0.05, 0) is 80.8 Å². The van der Waals surface area contributed by atoms with E-state index in [-0.39, 0.29) is 17.7 Å². The number of nitriles is 2. The number of hydrogen-bond acceptors (Lipinski definition) is 14. The number of nitrogens with one attached hydrogen (secondary N) is 2. The van der Waals surface area contributed by atoms with Crippen LogP contribution in [-0.2, 0) is 9.59 Å². The molecule has 56 heavy (non-hydrogen) atoms. The third kappa shape index (κ3) is 6.91. The van der Waals surface area contributed by atoms with E-state index in [1.54, 1.807) is 34.3 Å². The summed E-state index contributed by atoms with van der Waals surface area (Å²) in [5, 5.41) is 40.1. The summed E-state index contributed by atoms with van der Waals surface area (Å²) in [5.74, 6) is 0.830. The molecule has 2 bridgehead atoms. The highest BCUT2D eigenvalue weighted by Crippen LogP contribution is 2.39. The lowest BCUT2D eigenvalue weighted by molar-refractivity contribution is -0.134. The van der Waals surface area contributed by atoms with E-state index in [4.69, 9.17) is 9.97 Å². The highest BCUT2D eigenvalue weighted by molar-refractivity contribution is 7.18. The quantitative estimate of drug-likeness (QED) is 0.199. The van der Waals surface area contributed by atoms with Gasteiger partial charge in [0, 0.05) is 69.3 Å². The molecule has 5 aromatic rings. The fourth-order valence-corrected chi connectivity index (χ4v) is 9.63. The minimum Gasteiger partial charge on any atom is -0.369 e. The summed E-state index contributed by atoms with van der Waals surface area (Å²) in [6, 6.07) is 16.5. The van der Waals surface area contributed by atoms with Crippen molar-refractivity contribution in [2.75, 3.05) is 47.8 Å². The molecular weight excluding hydrogens is 727 g/mol. The number of pyridine rings is 2. The molecular formula is C40H41N13O2S. The number of imide groups is 1. The number of fused-ring (bicyclic) bond motifs is 3. The molecule has 16 heteroatoms. The molecule has 4 aliphatic rings. The molecule has 5 aromatic heterocycles. The van der Waals surface area contributed by atoms with Crippen molar-refractivity contribution < 1.29 is 9.59 Å². The number of anilines is 3. The number of piperazine rings is 1. The van der Waals surface area contributed by atoms with Gasteiger partial charge in [0.25, 0.3) is 0 Å².